The van der Waals surface area contributed by atoms with Crippen molar-refractivity contribution >= 4 is 11.8 Å². The largest absolute Gasteiger partial charge is 0.618 e. The quantitative estimate of drug-likeness (QED) is 0.395. The van der Waals surface area contributed by atoms with E-state index in [1.165, 1.54) is 18.0 Å². The summed E-state index contributed by atoms with van der Waals surface area (Å²) in [5.41, 5.74) is 2.04. The van der Waals surface area contributed by atoms with Gasteiger partial charge in [-0.15, -0.1) is 0 Å². The second-order valence-electron chi connectivity index (χ2n) is 4.91. The lowest BCUT2D eigenvalue weighted by Crippen LogP contribution is -2.27. The van der Waals surface area contributed by atoms with Crippen molar-refractivity contribution in [2.24, 2.45) is 0 Å². The van der Waals surface area contributed by atoms with Gasteiger partial charge in [-0.05, 0) is 35.9 Å². The Morgan fingerprint density at radius 3 is 2.57 bits per heavy atom. The number of aromatic nitrogens is 2. The molecule has 0 amide bonds. The molecule has 0 saturated heterocycles. The number of hydrogen-bond donors (Lipinski definition) is 0. The number of pyridine rings is 2. The minimum absolute atomic E-state index is 0.454. The van der Waals surface area contributed by atoms with E-state index in [1.54, 1.807) is 12.3 Å². The third kappa shape index (κ3) is 4.47. The zero-order valence-corrected chi connectivity index (χ0v) is 13.3. The van der Waals surface area contributed by atoms with E-state index >= 15 is 0 Å². The Balaban J connectivity index is 1.54. The summed E-state index contributed by atoms with van der Waals surface area (Å²) >= 11 is 1.52. The molecule has 0 atom stereocenters. The molecule has 2 heterocycles. The first-order valence-electron chi connectivity index (χ1n) is 7.24. The smallest absolute Gasteiger partial charge is 0.251 e. The van der Waals surface area contributed by atoms with E-state index in [9.17, 15) is 5.21 Å². The fourth-order valence-corrected chi connectivity index (χ4v) is 2.87. The van der Waals surface area contributed by atoms with Crippen LogP contribution in [-0.2, 0) is 12.4 Å². The molecule has 116 valence electrons. The van der Waals surface area contributed by atoms with Gasteiger partial charge in [0.25, 0.3) is 5.03 Å². The number of thioether (sulfide) groups is 1. The topological polar surface area (TPSA) is 49.1 Å². The molecule has 5 heteroatoms. The molecule has 1 aromatic carbocycles. The summed E-state index contributed by atoms with van der Waals surface area (Å²) in [5.74, 6) is 1.55. The summed E-state index contributed by atoms with van der Waals surface area (Å²) in [6.07, 6.45) is 3.27. The predicted molar refractivity (Wildman–Crippen MR) is 90.0 cm³/mol. The number of benzene rings is 1. The van der Waals surface area contributed by atoms with Crippen LogP contribution in [0.5, 0.6) is 5.75 Å². The van der Waals surface area contributed by atoms with E-state index in [0.717, 1.165) is 27.5 Å². The molecule has 2 aromatic heterocycles. The lowest BCUT2D eigenvalue weighted by atomic mass is 10.2. The fraction of sp³-hybridized carbons (Fsp3) is 0.111. The molecule has 23 heavy (non-hydrogen) atoms. The molecule has 0 aliphatic heterocycles. The van der Waals surface area contributed by atoms with Gasteiger partial charge in [-0.25, -0.2) is 0 Å². The van der Waals surface area contributed by atoms with Crippen molar-refractivity contribution in [3.05, 3.63) is 89.5 Å². The average Bonchev–Trinajstić information content (AvgIpc) is 2.61. The van der Waals surface area contributed by atoms with Gasteiger partial charge in [-0.1, -0.05) is 30.0 Å². The van der Waals surface area contributed by atoms with E-state index in [4.69, 9.17) is 4.74 Å². The minimum atomic E-state index is 0.454. The molecule has 0 aliphatic rings. The van der Waals surface area contributed by atoms with Gasteiger partial charge in [-0.3, -0.25) is 4.98 Å². The summed E-state index contributed by atoms with van der Waals surface area (Å²) in [6.45, 7) is 0.454. The highest BCUT2D eigenvalue weighted by Crippen LogP contribution is 2.21. The molecule has 0 radical (unpaired) electrons. The van der Waals surface area contributed by atoms with E-state index in [1.807, 2.05) is 54.6 Å². The molecule has 0 aliphatic carbocycles. The second-order valence-corrected chi connectivity index (χ2v) is 5.90. The highest BCUT2D eigenvalue weighted by Gasteiger charge is 2.05. The van der Waals surface area contributed by atoms with Crippen molar-refractivity contribution in [1.29, 1.82) is 0 Å². The van der Waals surface area contributed by atoms with Crippen molar-refractivity contribution in [2.75, 3.05) is 0 Å². The number of rotatable bonds is 6. The highest BCUT2D eigenvalue weighted by molar-refractivity contribution is 7.98. The standard InChI is InChI=1S/C18H16N2O2S/c21-20-12-4-2-6-18(20)23-14-15-7-9-17(10-8-15)22-13-16-5-1-3-11-19-16/h1-12H,13-14H2. The van der Waals surface area contributed by atoms with Crippen LogP contribution in [0, 0.1) is 5.21 Å². The van der Waals surface area contributed by atoms with Gasteiger partial charge >= 0.3 is 0 Å². The van der Waals surface area contributed by atoms with Crippen LogP contribution in [0.4, 0.5) is 0 Å². The van der Waals surface area contributed by atoms with Crippen molar-refractivity contribution in [1.82, 2.24) is 4.98 Å². The van der Waals surface area contributed by atoms with Crippen LogP contribution in [0.3, 0.4) is 0 Å². The molecule has 0 bridgehead atoms. The third-order valence-corrected chi connectivity index (χ3v) is 4.30. The van der Waals surface area contributed by atoms with E-state index in [2.05, 4.69) is 4.98 Å². The van der Waals surface area contributed by atoms with Crippen LogP contribution in [0.2, 0.25) is 0 Å². The molecular formula is C18H16N2O2S. The number of hydrogen-bond acceptors (Lipinski definition) is 4. The molecule has 0 N–H and O–H groups in total. The van der Waals surface area contributed by atoms with Gasteiger partial charge in [0.1, 0.15) is 12.4 Å². The van der Waals surface area contributed by atoms with Crippen LogP contribution in [0.15, 0.2) is 78.1 Å². The summed E-state index contributed by atoms with van der Waals surface area (Å²) < 4.78 is 6.59. The van der Waals surface area contributed by atoms with Gasteiger partial charge in [0.15, 0.2) is 6.20 Å². The Morgan fingerprint density at radius 1 is 1.00 bits per heavy atom. The Morgan fingerprint density at radius 2 is 1.83 bits per heavy atom. The first-order valence-corrected chi connectivity index (χ1v) is 8.22. The van der Waals surface area contributed by atoms with Crippen molar-refractivity contribution < 1.29 is 9.47 Å². The Hall–Kier alpha value is -2.53. The average molecular weight is 324 g/mol. The molecule has 4 nitrogen and oxygen atoms in total. The van der Waals surface area contributed by atoms with Crippen LogP contribution < -0.4 is 9.47 Å². The minimum Gasteiger partial charge on any atom is -0.618 e. The maximum atomic E-state index is 11.6. The zero-order valence-electron chi connectivity index (χ0n) is 12.5. The molecule has 0 fully saturated rings. The van der Waals surface area contributed by atoms with Crippen molar-refractivity contribution in [3.63, 3.8) is 0 Å². The fourth-order valence-electron chi connectivity index (χ4n) is 2.00. The zero-order chi connectivity index (χ0) is 15.9. The summed E-state index contributed by atoms with van der Waals surface area (Å²) in [4.78, 5) is 4.22. The first-order chi connectivity index (χ1) is 11.3. The van der Waals surface area contributed by atoms with Gasteiger partial charge < -0.3 is 9.94 Å². The SMILES string of the molecule is [O-][n+]1ccccc1SCc1ccc(OCc2ccccn2)cc1. The maximum Gasteiger partial charge on any atom is 0.251 e. The third-order valence-electron chi connectivity index (χ3n) is 3.21. The van der Waals surface area contributed by atoms with Crippen LogP contribution >= 0.6 is 11.8 Å². The molecule has 3 rings (SSSR count). The molecular weight excluding hydrogens is 308 g/mol. The van der Waals surface area contributed by atoms with Crippen molar-refractivity contribution in [2.45, 2.75) is 17.4 Å². The van der Waals surface area contributed by atoms with Gasteiger partial charge in [-0.2, -0.15) is 4.73 Å². The molecule has 3 aromatic rings. The lowest BCUT2D eigenvalue weighted by molar-refractivity contribution is -0.645. The van der Waals surface area contributed by atoms with E-state index in [-0.39, 0.29) is 0 Å². The van der Waals surface area contributed by atoms with E-state index < -0.39 is 0 Å². The van der Waals surface area contributed by atoms with Crippen molar-refractivity contribution in [3.8, 4) is 5.75 Å². The van der Waals surface area contributed by atoms with Crippen LogP contribution in [0.1, 0.15) is 11.3 Å². The highest BCUT2D eigenvalue weighted by atomic mass is 32.2. The van der Waals surface area contributed by atoms with Gasteiger partial charge in [0, 0.05) is 24.1 Å². The van der Waals surface area contributed by atoms with Crippen LogP contribution in [-0.4, -0.2) is 4.98 Å². The molecule has 0 saturated carbocycles. The Labute approximate surface area is 139 Å². The molecule has 0 unspecified atom stereocenters. The summed E-state index contributed by atoms with van der Waals surface area (Å²) in [6, 6.07) is 19.1. The number of ether oxygens (including phenoxy) is 1. The number of nitrogens with zero attached hydrogens (tertiary/aromatic N) is 2. The normalized spacial score (nSPS) is 10.4. The predicted octanol–water partition coefficient (Wildman–Crippen LogP) is 3.59. The maximum absolute atomic E-state index is 11.6. The van der Waals surface area contributed by atoms with Gasteiger partial charge in [0.05, 0.1) is 5.69 Å². The summed E-state index contributed by atoms with van der Waals surface area (Å²) in [7, 11) is 0. The second kappa shape index (κ2) is 7.65. The summed E-state index contributed by atoms with van der Waals surface area (Å²) in [5, 5.41) is 12.3. The Kier molecular flexibility index (Phi) is 5.11. The lowest BCUT2D eigenvalue weighted by Gasteiger charge is -2.07. The molecule has 0 spiro atoms. The Bertz CT molecular complexity index is 748. The van der Waals surface area contributed by atoms with Crippen LogP contribution in [0.25, 0.3) is 0 Å². The first kappa shape index (κ1) is 15.4. The van der Waals surface area contributed by atoms with Gasteiger partial charge in [0.2, 0.25) is 0 Å². The monoisotopic (exact) mass is 324 g/mol. The van der Waals surface area contributed by atoms with E-state index in [0.29, 0.717) is 11.6 Å².